The van der Waals surface area contributed by atoms with Crippen LogP contribution in [0.5, 0.6) is 0 Å². The summed E-state index contributed by atoms with van der Waals surface area (Å²) >= 11 is 0. The first-order valence-corrected chi connectivity index (χ1v) is 7.59. The molecule has 100 valence electrons. The summed E-state index contributed by atoms with van der Waals surface area (Å²) in [4.78, 5) is 2.44. The fourth-order valence-corrected chi connectivity index (χ4v) is 3.07. The number of benzene rings is 1. The van der Waals surface area contributed by atoms with Gasteiger partial charge in [0.25, 0.3) is 0 Å². The normalized spacial score (nSPS) is 16.8. The molecule has 2 rings (SSSR count). The van der Waals surface area contributed by atoms with Crippen LogP contribution in [0.15, 0.2) is 24.3 Å². The zero-order valence-corrected chi connectivity index (χ0v) is 12.0. The first-order chi connectivity index (χ1) is 8.79. The number of hydrogen-bond acceptors (Lipinski definition) is 1. The Bertz CT molecular complexity index is 335. The van der Waals surface area contributed by atoms with Crippen LogP contribution in [0, 0.1) is 5.92 Å². The van der Waals surface area contributed by atoms with Gasteiger partial charge in [0, 0.05) is 19.3 Å². The molecule has 0 radical (unpaired) electrons. The van der Waals surface area contributed by atoms with Gasteiger partial charge in [-0.1, -0.05) is 44.7 Å². The fourth-order valence-electron chi connectivity index (χ4n) is 3.07. The van der Waals surface area contributed by atoms with Crippen molar-refractivity contribution in [2.24, 2.45) is 5.92 Å². The second-order valence-corrected chi connectivity index (χ2v) is 5.80. The summed E-state index contributed by atoms with van der Waals surface area (Å²) in [6.07, 6.45) is 9.62. The Morgan fingerprint density at radius 1 is 1.06 bits per heavy atom. The van der Waals surface area contributed by atoms with E-state index >= 15 is 0 Å². The Morgan fingerprint density at radius 3 is 2.33 bits per heavy atom. The highest BCUT2D eigenvalue weighted by atomic mass is 15.1. The largest absolute Gasteiger partial charge is 0.374 e. The van der Waals surface area contributed by atoms with Gasteiger partial charge in [-0.15, -0.1) is 0 Å². The van der Waals surface area contributed by atoms with Gasteiger partial charge in [0.1, 0.15) is 0 Å². The lowest BCUT2D eigenvalue weighted by Gasteiger charge is -2.28. The molecular weight excluding hydrogens is 218 g/mol. The molecule has 0 unspecified atom stereocenters. The SMILES string of the molecule is CCCc1ccc(N(C)CC2CCCCC2)cc1. The minimum Gasteiger partial charge on any atom is -0.374 e. The zero-order valence-electron chi connectivity index (χ0n) is 12.0. The van der Waals surface area contributed by atoms with Gasteiger partial charge in [-0.25, -0.2) is 0 Å². The van der Waals surface area contributed by atoms with Gasteiger partial charge in [-0.3, -0.25) is 0 Å². The van der Waals surface area contributed by atoms with E-state index in [1.807, 2.05) is 0 Å². The average Bonchev–Trinajstić information content (AvgIpc) is 2.41. The van der Waals surface area contributed by atoms with Crippen LogP contribution in [0.4, 0.5) is 5.69 Å². The molecule has 0 atom stereocenters. The van der Waals surface area contributed by atoms with E-state index in [1.165, 1.54) is 62.7 Å². The lowest BCUT2D eigenvalue weighted by atomic mass is 9.89. The molecule has 18 heavy (non-hydrogen) atoms. The highest BCUT2D eigenvalue weighted by Crippen LogP contribution is 2.26. The highest BCUT2D eigenvalue weighted by molar-refractivity contribution is 5.46. The van der Waals surface area contributed by atoms with E-state index in [9.17, 15) is 0 Å². The minimum atomic E-state index is 0.916. The predicted octanol–water partition coefficient (Wildman–Crippen LogP) is 4.66. The Balaban J connectivity index is 1.89. The minimum absolute atomic E-state index is 0.916. The lowest BCUT2D eigenvalue weighted by molar-refractivity contribution is 0.362. The molecule has 0 N–H and O–H groups in total. The molecular formula is C17H27N. The van der Waals surface area contributed by atoms with E-state index in [-0.39, 0.29) is 0 Å². The Kier molecular flexibility index (Phi) is 5.10. The van der Waals surface area contributed by atoms with Gasteiger partial charge < -0.3 is 4.90 Å². The van der Waals surface area contributed by atoms with Crippen molar-refractivity contribution in [2.45, 2.75) is 51.9 Å². The number of aryl methyl sites for hydroxylation is 1. The number of nitrogens with zero attached hydrogens (tertiary/aromatic N) is 1. The van der Waals surface area contributed by atoms with Gasteiger partial charge in [0.2, 0.25) is 0 Å². The van der Waals surface area contributed by atoms with Crippen molar-refractivity contribution in [2.75, 3.05) is 18.5 Å². The van der Waals surface area contributed by atoms with Crippen LogP contribution in [0.25, 0.3) is 0 Å². The molecule has 0 spiro atoms. The standard InChI is InChI=1S/C17H27N/c1-3-7-15-10-12-17(13-11-15)18(2)14-16-8-5-4-6-9-16/h10-13,16H,3-9,14H2,1-2H3. The molecule has 1 aliphatic carbocycles. The molecule has 1 heteroatoms. The van der Waals surface area contributed by atoms with Crippen molar-refractivity contribution < 1.29 is 0 Å². The summed E-state index contributed by atoms with van der Waals surface area (Å²) in [5, 5.41) is 0. The molecule has 0 aromatic heterocycles. The fraction of sp³-hybridized carbons (Fsp3) is 0.647. The first-order valence-electron chi connectivity index (χ1n) is 7.59. The van der Waals surface area contributed by atoms with Crippen LogP contribution in [-0.4, -0.2) is 13.6 Å². The van der Waals surface area contributed by atoms with E-state index in [1.54, 1.807) is 0 Å². The molecule has 0 saturated heterocycles. The second kappa shape index (κ2) is 6.82. The average molecular weight is 245 g/mol. The van der Waals surface area contributed by atoms with Gasteiger partial charge in [-0.05, 0) is 42.9 Å². The van der Waals surface area contributed by atoms with Crippen LogP contribution in [0.1, 0.15) is 51.0 Å². The molecule has 0 bridgehead atoms. The molecule has 1 aromatic carbocycles. The van der Waals surface area contributed by atoms with Crippen molar-refractivity contribution in [3.63, 3.8) is 0 Å². The summed E-state index contributed by atoms with van der Waals surface area (Å²) in [6, 6.07) is 9.15. The molecule has 0 amide bonds. The van der Waals surface area contributed by atoms with Crippen LogP contribution < -0.4 is 4.90 Å². The van der Waals surface area contributed by atoms with E-state index in [0.29, 0.717) is 0 Å². The monoisotopic (exact) mass is 245 g/mol. The molecule has 1 aliphatic rings. The lowest BCUT2D eigenvalue weighted by Crippen LogP contribution is -2.26. The van der Waals surface area contributed by atoms with Crippen molar-refractivity contribution in [1.82, 2.24) is 0 Å². The summed E-state index contributed by atoms with van der Waals surface area (Å²) in [5.74, 6) is 0.916. The molecule has 1 nitrogen and oxygen atoms in total. The highest BCUT2D eigenvalue weighted by Gasteiger charge is 2.15. The smallest absolute Gasteiger partial charge is 0.0363 e. The third-order valence-electron chi connectivity index (χ3n) is 4.17. The third kappa shape index (κ3) is 3.76. The third-order valence-corrected chi connectivity index (χ3v) is 4.17. The van der Waals surface area contributed by atoms with Gasteiger partial charge >= 0.3 is 0 Å². The number of hydrogen-bond donors (Lipinski definition) is 0. The summed E-state index contributed by atoms with van der Waals surface area (Å²) in [5.41, 5.74) is 2.84. The Labute approximate surface area is 112 Å². The predicted molar refractivity (Wildman–Crippen MR) is 80.3 cm³/mol. The molecule has 1 fully saturated rings. The summed E-state index contributed by atoms with van der Waals surface area (Å²) in [6.45, 7) is 3.47. The zero-order chi connectivity index (χ0) is 12.8. The van der Waals surface area contributed by atoms with Crippen molar-refractivity contribution in [3.05, 3.63) is 29.8 Å². The van der Waals surface area contributed by atoms with E-state index < -0.39 is 0 Å². The maximum Gasteiger partial charge on any atom is 0.0363 e. The number of rotatable bonds is 5. The molecule has 1 aromatic rings. The van der Waals surface area contributed by atoms with Gasteiger partial charge in [0.15, 0.2) is 0 Å². The van der Waals surface area contributed by atoms with Crippen LogP contribution >= 0.6 is 0 Å². The van der Waals surface area contributed by atoms with Crippen LogP contribution in [0.2, 0.25) is 0 Å². The molecule has 0 heterocycles. The van der Waals surface area contributed by atoms with Gasteiger partial charge in [0.05, 0.1) is 0 Å². The van der Waals surface area contributed by atoms with Crippen molar-refractivity contribution in [1.29, 1.82) is 0 Å². The van der Waals surface area contributed by atoms with Crippen LogP contribution in [0.3, 0.4) is 0 Å². The Hall–Kier alpha value is -0.980. The summed E-state index contributed by atoms with van der Waals surface area (Å²) in [7, 11) is 2.24. The molecule has 0 aliphatic heterocycles. The number of anilines is 1. The quantitative estimate of drug-likeness (QED) is 0.729. The van der Waals surface area contributed by atoms with E-state index in [4.69, 9.17) is 0 Å². The maximum absolute atomic E-state index is 2.44. The maximum atomic E-state index is 2.44. The second-order valence-electron chi connectivity index (χ2n) is 5.80. The Morgan fingerprint density at radius 2 is 1.72 bits per heavy atom. The molecule has 1 saturated carbocycles. The van der Waals surface area contributed by atoms with Gasteiger partial charge in [-0.2, -0.15) is 0 Å². The van der Waals surface area contributed by atoms with E-state index in [2.05, 4.69) is 43.1 Å². The first kappa shape index (κ1) is 13.5. The summed E-state index contributed by atoms with van der Waals surface area (Å²) < 4.78 is 0. The van der Waals surface area contributed by atoms with E-state index in [0.717, 1.165) is 5.92 Å². The van der Waals surface area contributed by atoms with Crippen molar-refractivity contribution in [3.8, 4) is 0 Å². The van der Waals surface area contributed by atoms with Crippen molar-refractivity contribution >= 4 is 5.69 Å². The topological polar surface area (TPSA) is 3.24 Å². The van der Waals surface area contributed by atoms with Crippen LogP contribution in [-0.2, 0) is 6.42 Å².